The van der Waals surface area contributed by atoms with Crippen molar-refractivity contribution in [3.8, 4) is 11.3 Å². The fraction of sp³-hybridized carbons (Fsp3) is 0.233. The number of benzene rings is 3. The van der Waals surface area contributed by atoms with Gasteiger partial charge in [0.2, 0.25) is 0 Å². The molecular formula is C30H30N2O3. The van der Waals surface area contributed by atoms with Crippen molar-refractivity contribution in [1.82, 2.24) is 4.98 Å². The van der Waals surface area contributed by atoms with Crippen LogP contribution in [-0.4, -0.2) is 23.5 Å². The predicted molar refractivity (Wildman–Crippen MR) is 141 cm³/mol. The molecule has 1 N–H and O–H groups in total. The summed E-state index contributed by atoms with van der Waals surface area (Å²) in [4.78, 5) is 30.5. The number of aryl methyl sites for hydroxylation is 3. The van der Waals surface area contributed by atoms with Crippen molar-refractivity contribution in [2.45, 2.75) is 40.5 Å². The van der Waals surface area contributed by atoms with Crippen LogP contribution in [0.1, 0.15) is 57.2 Å². The van der Waals surface area contributed by atoms with E-state index in [2.05, 4.69) is 11.4 Å². The quantitative estimate of drug-likeness (QED) is 0.234. The Morgan fingerprint density at radius 1 is 0.886 bits per heavy atom. The van der Waals surface area contributed by atoms with Gasteiger partial charge in [-0.1, -0.05) is 54.8 Å². The van der Waals surface area contributed by atoms with Gasteiger partial charge in [0.25, 0.3) is 5.91 Å². The minimum absolute atomic E-state index is 0.228. The van der Waals surface area contributed by atoms with Crippen LogP contribution in [0.15, 0.2) is 66.7 Å². The smallest absolute Gasteiger partial charge is 0.338 e. The first-order valence-electron chi connectivity index (χ1n) is 11.9. The zero-order valence-electron chi connectivity index (χ0n) is 20.6. The number of unbranched alkanes of at least 4 members (excludes halogenated alkanes) is 1. The maximum atomic E-state index is 13.5. The molecule has 0 aliphatic heterocycles. The zero-order chi connectivity index (χ0) is 24.9. The van der Waals surface area contributed by atoms with Crippen molar-refractivity contribution in [3.05, 3.63) is 94.5 Å². The monoisotopic (exact) mass is 466 g/mol. The average molecular weight is 467 g/mol. The first-order valence-corrected chi connectivity index (χ1v) is 11.9. The third-order valence-corrected chi connectivity index (χ3v) is 5.95. The molecule has 0 spiro atoms. The third-order valence-electron chi connectivity index (χ3n) is 5.95. The van der Waals surface area contributed by atoms with Crippen LogP contribution in [0.4, 0.5) is 5.69 Å². The topological polar surface area (TPSA) is 68.3 Å². The van der Waals surface area contributed by atoms with E-state index in [1.54, 1.807) is 24.3 Å². The van der Waals surface area contributed by atoms with Crippen LogP contribution < -0.4 is 5.32 Å². The number of aromatic nitrogens is 1. The second-order valence-corrected chi connectivity index (χ2v) is 8.92. The molecule has 178 valence electrons. The van der Waals surface area contributed by atoms with Gasteiger partial charge in [0.05, 0.1) is 28.9 Å². The lowest BCUT2D eigenvalue weighted by Gasteiger charge is -2.13. The number of hydrogen-bond donors (Lipinski definition) is 1. The van der Waals surface area contributed by atoms with E-state index in [-0.39, 0.29) is 11.9 Å². The lowest BCUT2D eigenvalue weighted by molar-refractivity contribution is 0.0499. The minimum atomic E-state index is -0.356. The molecule has 4 rings (SSSR count). The molecule has 0 fully saturated rings. The number of anilines is 1. The van der Waals surface area contributed by atoms with Crippen LogP contribution in [0.25, 0.3) is 22.2 Å². The number of nitrogens with zero attached hydrogens (tertiary/aromatic N) is 1. The number of hydrogen-bond acceptors (Lipinski definition) is 4. The summed E-state index contributed by atoms with van der Waals surface area (Å²) in [6.45, 7) is 8.52. The summed E-state index contributed by atoms with van der Waals surface area (Å²) < 4.78 is 5.26. The van der Waals surface area contributed by atoms with E-state index >= 15 is 0 Å². The predicted octanol–water partition coefficient (Wildman–Crippen LogP) is 7.04. The molecule has 3 aromatic carbocycles. The second-order valence-electron chi connectivity index (χ2n) is 8.92. The second kappa shape index (κ2) is 10.5. The molecule has 1 heterocycles. The Kier molecular flexibility index (Phi) is 7.25. The van der Waals surface area contributed by atoms with Crippen LogP contribution in [0, 0.1) is 20.8 Å². The Bertz CT molecular complexity index is 1370. The maximum absolute atomic E-state index is 13.5. The number of ether oxygens (including phenoxy) is 1. The molecule has 5 heteroatoms. The number of carbonyl (C=O) groups is 2. The van der Waals surface area contributed by atoms with Crippen molar-refractivity contribution < 1.29 is 14.3 Å². The van der Waals surface area contributed by atoms with Gasteiger partial charge in [0, 0.05) is 16.6 Å². The number of carbonyl (C=O) groups excluding carboxylic acids is 2. The van der Waals surface area contributed by atoms with Gasteiger partial charge in [-0.3, -0.25) is 4.79 Å². The van der Waals surface area contributed by atoms with E-state index in [1.165, 1.54) is 0 Å². The lowest BCUT2D eigenvalue weighted by atomic mass is 9.99. The van der Waals surface area contributed by atoms with Gasteiger partial charge < -0.3 is 10.1 Å². The lowest BCUT2D eigenvalue weighted by Crippen LogP contribution is -2.14. The summed E-state index contributed by atoms with van der Waals surface area (Å²) >= 11 is 0. The van der Waals surface area contributed by atoms with Crippen LogP contribution in [0.2, 0.25) is 0 Å². The summed E-state index contributed by atoms with van der Waals surface area (Å²) in [6.07, 6.45) is 1.80. The van der Waals surface area contributed by atoms with Gasteiger partial charge in [-0.2, -0.15) is 0 Å². The normalized spacial score (nSPS) is 10.9. The molecule has 35 heavy (non-hydrogen) atoms. The summed E-state index contributed by atoms with van der Waals surface area (Å²) in [5, 5.41) is 3.79. The molecule has 1 amide bonds. The van der Waals surface area contributed by atoms with Crippen molar-refractivity contribution in [2.75, 3.05) is 11.9 Å². The minimum Gasteiger partial charge on any atom is -0.462 e. The summed E-state index contributed by atoms with van der Waals surface area (Å²) in [5.41, 5.74) is 7.39. The number of fused-ring (bicyclic) bond motifs is 1. The van der Waals surface area contributed by atoms with Crippen LogP contribution >= 0.6 is 0 Å². The fourth-order valence-corrected chi connectivity index (χ4v) is 4.02. The first kappa shape index (κ1) is 24.1. The fourth-order valence-electron chi connectivity index (χ4n) is 4.02. The van der Waals surface area contributed by atoms with Gasteiger partial charge in [0.1, 0.15) is 0 Å². The van der Waals surface area contributed by atoms with E-state index in [1.807, 2.05) is 64.1 Å². The Morgan fingerprint density at radius 3 is 2.29 bits per heavy atom. The summed E-state index contributed by atoms with van der Waals surface area (Å²) in [7, 11) is 0. The highest BCUT2D eigenvalue weighted by atomic mass is 16.5. The Labute approximate surface area is 206 Å². The van der Waals surface area contributed by atoms with Gasteiger partial charge in [-0.05, 0) is 69.2 Å². The molecule has 0 saturated heterocycles. The number of rotatable bonds is 7. The van der Waals surface area contributed by atoms with E-state index in [9.17, 15) is 9.59 Å². The van der Waals surface area contributed by atoms with Crippen LogP contribution in [0.3, 0.4) is 0 Å². The van der Waals surface area contributed by atoms with Crippen molar-refractivity contribution >= 4 is 28.5 Å². The Balaban J connectivity index is 1.66. The summed E-state index contributed by atoms with van der Waals surface area (Å²) in [6, 6.07) is 20.8. The molecule has 0 radical (unpaired) electrons. The SMILES string of the molecule is CCCCOC(=O)c1ccc(NC(=O)c2cc(-c3ccc(C)cc3)nc3c(C)cc(C)cc23)cc1. The van der Waals surface area contributed by atoms with Crippen LogP contribution in [-0.2, 0) is 4.74 Å². The number of esters is 1. The van der Waals surface area contributed by atoms with E-state index in [0.717, 1.165) is 51.7 Å². The molecule has 5 nitrogen and oxygen atoms in total. The standard InChI is InChI=1S/C30H30N2O3/c1-5-6-15-35-30(34)23-11-13-24(14-12-23)31-29(33)26-18-27(22-9-7-19(2)8-10-22)32-28-21(4)16-20(3)17-25(26)28/h7-14,16-18H,5-6,15H2,1-4H3,(H,31,33). The largest absolute Gasteiger partial charge is 0.462 e. The zero-order valence-corrected chi connectivity index (χ0v) is 20.6. The highest BCUT2D eigenvalue weighted by Crippen LogP contribution is 2.29. The van der Waals surface area contributed by atoms with E-state index < -0.39 is 0 Å². The molecule has 0 bridgehead atoms. The molecule has 4 aromatic rings. The highest BCUT2D eigenvalue weighted by molar-refractivity contribution is 6.13. The van der Waals surface area contributed by atoms with Gasteiger partial charge in [-0.15, -0.1) is 0 Å². The van der Waals surface area contributed by atoms with E-state index in [0.29, 0.717) is 23.4 Å². The summed E-state index contributed by atoms with van der Waals surface area (Å²) in [5.74, 6) is -0.584. The van der Waals surface area contributed by atoms with Gasteiger partial charge >= 0.3 is 5.97 Å². The van der Waals surface area contributed by atoms with Crippen molar-refractivity contribution in [1.29, 1.82) is 0 Å². The molecule has 0 saturated carbocycles. The first-order chi connectivity index (χ1) is 16.9. The number of pyridine rings is 1. The van der Waals surface area contributed by atoms with Gasteiger partial charge in [0.15, 0.2) is 0 Å². The molecule has 0 unspecified atom stereocenters. The van der Waals surface area contributed by atoms with Gasteiger partial charge in [-0.25, -0.2) is 9.78 Å². The van der Waals surface area contributed by atoms with Crippen LogP contribution in [0.5, 0.6) is 0 Å². The molecule has 0 aliphatic rings. The Hall–Kier alpha value is -3.99. The molecule has 0 atom stereocenters. The maximum Gasteiger partial charge on any atom is 0.338 e. The highest BCUT2D eigenvalue weighted by Gasteiger charge is 2.17. The average Bonchev–Trinajstić information content (AvgIpc) is 2.84. The van der Waals surface area contributed by atoms with Crippen molar-refractivity contribution in [2.24, 2.45) is 0 Å². The molecular weight excluding hydrogens is 436 g/mol. The van der Waals surface area contributed by atoms with Crippen molar-refractivity contribution in [3.63, 3.8) is 0 Å². The number of amides is 1. The molecule has 1 aromatic heterocycles. The van der Waals surface area contributed by atoms with E-state index in [4.69, 9.17) is 9.72 Å². The Morgan fingerprint density at radius 2 is 1.60 bits per heavy atom. The number of nitrogens with one attached hydrogen (secondary N) is 1. The third kappa shape index (κ3) is 5.57. The molecule has 0 aliphatic carbocycles.